The molecule has 240 valence electrons. The Morgan fingerprint density at radius 2 is 1.43 bits per heavy atom. The van der Waals surface area contributed by atoms with Crippen molar-refractivity contribution in [2.45, 2.75) is 26.9 Å². The first-order valence-corrected chi connectivity index (χ1v) is 14.5. The van der Waals surface area contributed by atoms with E-state index < -0.39 is 29.3 Å². The fourth-order valence-corrected chi connectivity index (χ4v) is 4.62. The van der Waals surface area contributed by atoms with E-state index in [9.17, 15) is 27.9 Å². The highest BCUT2D eigenvalue weighted by atomic mass is 35.5. The van der Waals surface area contributed by atoms with Gasteiger partial charge in [0.05, 0.1) is 27.0 Å². The van der Waals surface area contributed by atoms with Crippen LogP contribution in [0.5, 0.6) is 11.5 Å². The van der Waals surface area contributed by atoms with E-state index in [0.29, 0.717) is 15.7 Å². The van der Waals surface area contributed by atoms with Crippen LogP contribution in [0.25, 0.3) is 0 Å². The molecule has 0 fully saturated rings. The second-order valence-electron chi connectivity index (χ2n) is 10.0. The maximum Gasteiger partial charge on any atom is 0.416 e. The monoisotopic (exact) mass is 692 g/mol. The van der Waals surface area contributed by atoms with Crippen molar-refractivity contribution in [2.24, 2.45) is 0 Å². The molecule has 1 amide bonds. The van der Waals surface area contributed by atoms with Crippen molar-refractivity contribution < 1.29 is 32.6 Å². The Morgan fingerprint density at radius 1 is 0.783 bits per heavy atom. The predicted molar refractivity (Wildman–Crippen MR) is 174 cm³/mol. The minimum atomic E-state index is -4.72. The Kier molecular flexibility index (Phi) is 10.6. The average molecular weight is 694 g/mol. The Morgan fingerprint density at radius 3 is 2.07 bits per heavy atom. The number of aliphatic hydroxyl groups is 1. The maximum atomic E-state index is 13.6. The summed E-state index contributed by atoms with van der Waals surface area (Å²) in [7, 11) is 0. The van der Waals surface area contributed by atoms with Gasteiger partial charge in [0.1, 0.15) is 11.5 Å². The molecule has 0 heterocycles. The van der Waals surface area contributed by atoms with Gasteiger partial charge in [-0.15, -0.1) is 0 Å². The number of hydrogen-bond donors (Lipinski definition) is 5. The molecule has 0 aromatic heterocycles. The molecular weight excluding hydrogens is 668 g/mol. The van der Waals surface area contributed by atoms with E-state index >= 15 is 0 Å². The number of carbonyl (C=O) groups is 2. The number of aryl methyl sites for hydroxylation is 2. The molecule has 0 bridgehead atoms. The minimum Gasteiger partial charge on any atom is -0.493 e. The number of ether oxygens (including phenoxy) is 1. The van der Waals surface area contributed by atoms with Crippen LogP contribution in [0, 0.1) is 13.8 Å². The number of benzene rings is 4. The number of amides is 1. The summed E-state index contributed by atoms with van der Waals surface area (Å²) in [4.78, 5) is 25.3. The summed E-state index contributed by atoms with van der Waals surface area (Å²) in [6.07, 6.45) is -4.72. The second kappa shape index (κ2) is 14.2. The van der Waals surface area contributed by atoms with Crippen LogP contribution in [0.3, 0.4) is 0 Å². The fraction of sp³-hybridized carbons (Fsp3) is 0.125. The molecular formula is C32H26Cl3F3N4O4. The normalized spacial score (nSPS) is 11.8. The number of alkyl halides is 3. The molecule has 0 spiro atoms. The average Bonchev–Trinajstić information content (AvgIpc) is 2.97. The summed E-state index contributed by atoms with van der Waals surface area (Å²) in [5, 5.41) is 16.5. The highest BCUT2D eigenvalue weighted by Crippen LogP contribution is 2.36. The van der Waals surface area contributed by atoms with Gasteiger partial charge < -0.3 is 20.5 Å². The van der Waals surface area contributed by atoms with Crippen LogP contribution in [0.2, 0.25) is 15.1 Å². The molecule has 4 rings (SSSR count). The SMILES string of the molecule is CC(=O)/C(NNc1ccc(C(=O)Nc2cc(Oc3ccc(Cl)cc3)cc(C(F)(F)F)c2)cc1Cl)=C(/O)Nc1cc(C)c(C)cc1Cl. The highest BCUT2D eigenvalue weighted by Gasteiger charge is 2.32. The summed E-state index contributed by atoms with van der Waals surface area (Å²) in [5.41, 5.74) is 6.29. The number of rotatable bonds is 10. The summed E-state index contributed by atoms with van der Waals surface area (Å²) in [6, 6.07) is 16.3. The highest BCUT2D eigenvalue weighted by molar-refractivity contribution is 6.34. The van der Waals surface area contributed by atoms with Crippen molar-refractivity contribution in [2.75, 3.05) is 16.1 Å². The van der Waals surface area contributed by atoms with Gasteiger partial charge in [0, 0.05) is 29.3 Å². The third-order valence-corrected chi connectivity index (χ3v) is 7.40. The quantitative estimate of drug-likeness (QED) is 0.0639. The summed E-state index contributed by atoms with van der Waals surface area (Å²) in [5.74, 6) is -1.73. The standard InChI is InChI=1S/C32H26Cl3F3N4O4/c1-16-10-25(34)28(11-17(16)2)40-31(45)29(18(3)43)42-41-27-9-4-19(12-26(27)35)30(44)39-22-13-20(32(36,37)38)14-24(15-22)46-23-7-5-21(33)6-8-23/h4-15,40-42,45H,1-3H3,(H,39,44)/b31-29-. The molecule has 46 heavy (non-hydrogen) atoms. The van der Waals surface area contributed by atoms with Gasteiger partial charge in [-0.25, -0.2) is 0 Å². The molecule has 8 nitrogen and oxygen atoms in total. The smallest absolute Gasteiger partial charge is 0.416 e. The van der Waals surface area contributed by atoms with E-state index in [2.05, 4.69) is 21.5 Å². The summed E-state index contributed by atoms with van der Waals surface area (Å²) < 4.78 is 46.4. The fourth-order valence-electron chi connectivity index (χ4n) is 4.00. The first-order chi connectivity index (χ1) is 21.6. The molecule has 0 saturated heterocycles. The van der Waals surface area contributed by atoms with Crippen LogP contribution in [0.15, 0.2) is 84.4 Å². The Bertz CT molecular complexity index is 1830. The number of nitrogens with one attached hydrogen (secondary N) is 4. The van der Waals surface area contributed by atoms with Crippen molar-refractivity contribution >= 4 is 63.6 Å². The van der Waals surface area contributed by atoms with E-state index in [1.54, 1.807) is 12.1 Å². The van der Waals surface area contributed by atoms with Gasteiger partial charge in [-0.05, 0) is 91.7 Å². The van der Waals surface area contributed by atoms with Crippen LogP contribution in [0.1, 0.15) is 34.0 Å². The third-order valence-electron chi connectivity index (χ3n) is 6.52. The van der Waals surface area contributed by atoms with Crippen LogP contribution in [0.4, 0.5) is 30.2 Å². The maximum absolute atomic E-state index is 13.6. The van der Waals surface area contributed by atoms with E-state index in [1.807, 2.05) is 13.8 Å². The van der Waals surface area contributed by atoms with Crippen LogP contribution in [-0.4, -0.2) is 16.8 Å². The number of carbonyl (C=O) groups excluding carboxylic acids is 2. The van der Waals surface area contributed by atoms with E-state index in [0.717, 1.165) is 23.3 Å². The Balaban J connectivity index is 1.50. The van der Waals surface area contributed by atoms with Crippen LogP contribution >= 0.6 is 34.8 Å². The molecule has 0 atom stereocenters. The van der Waals surface area contributed by atoms with Gasteiger partial charge >= 0.3 is 6.18 Å². The molecule has 4 aromatic rings. The lowest BCUT2D eigenvalue weighted by Crippen LogP contribution is -2.28. The van der Waals surface area contributed by atoms with Crippen LogP contribution < -0.4 is 26.2 Å². The number of hydrazine groups is 1. The molecule has 0 aliphatic heterocycles. The number of aliphatic hydroxyl groups excluding tert-OH is 1. The molecule has 5 N–H and O–H groups in total. The van der Waals surface area contributed by atoms with E-state index in [-0.39, 0.29) is 39.2 Å². The van der Waals surface area contributed by atoms with Gasteiger partial charge in [0.25, 0.3) is 5.91 Å². The van der Waals surface area contributed by atoms with Gasteiger partial charge in [0.15, 0.2) is 11.5 Å². The van der Waals surface area contributed by atoms with E-state index in [4.69, 9.17) is 39.5 Å². The molecule has 4 aromatic carbocycles. The van der Waals surface area contributed by atoms with Crippen molar-refractivity contribution in [1.82, 2.24) is 5.43 Å². The Labute approximate surface area is 277 Å². The molecule has 0 aliphatic rings. The third kappa shape index (κ3) is 8.78. The summed E-state index contributed by atoms with van der Waals surface area (Å²) in [6.45, 7) is 4.97. The number of anilines is 3. The number of ketones is 1. The van der Waals surface area contributed by atoms with Gasteiger partial charge in [0.2, 0.25) is 5.88 Å². The van der Waals surface area contributed by atoms with Crippen molar-refractivity contribution in [3.05, 3.63) is 122 Å². The minimum absolute atomic E-state index is 0.0171. The van der Waals surface area contributed by atoms with Crippen LogP contribution in [-0.2, 0) is 11.0 Å². The second-order valence-corrected chi connectivity index (χ2v) is 11.3. The number of allylic oxidation sites excluding steroid dienone is 1. The Hall–Kier alpha value is -4.58. The van der Waals surface area contributed by atoms with E-state index in [1.165, 1.54) is 55.5 Å². The lowest BCUT2D eigenvalue weighted by Gasteiger charge is -2.17. The lowest BCUT2D eigenvalue weighted by molar-refractivity contribution is -0.137. The van der Waals surface area contributed by atoms with Gasteiger partial charge in [-0.3, -0.25) is 20.4 Å². The van der Waals surface area contributed by atoms with Gasteiger partial charge in [-0.2, -0.15) is 13.2 Å². The largest absolute Gasteiger partial charge is 0.493 e. The zero-order chi connectivity index (χ0) is 33.8. The topological polar surface area (TPSA) is 112 Å². The zero-order valence-corrected chi connectivity index (χ0v) is 26.6. The van der Waals surface area contributed by atoms with Crippen molar-refractivity contribution in [3.8, 4) is 11.5 Å². The lowest BCUT2D eigenvalue weighted by atomic mass is 10.1. The van der Waals surface area contributed by atoms with Crippen molar-refractivity contribution in [1.29, 1.82) is 0 Å². The predicted octanol–water partition coefficient (Wildman–Crippen LogP) is 9.67. The zero-order valence-electron chi connectivity index (χ0n) is 24.4. The number of Topliss-reactive ketones (excluding diaryl/α,β-unsaturated/α-hetero) is 1. The van der Waals surface area contributed by atoms with Crippen molar-refractivity contribution in [3.63, 3.8) is 0 Å². The first kappa shape index (κ1) is 34.3. The molecule has 14 heteroatoms. The molecule has 0 unspecified atom stereocenters. The number of halogens is 6. The summed E-state index contributed by atoms with van der Waals surface area (Å²) >= 11 is 18.5. The molecule has 0 aliphatic carbocycles. The molecule has 0 saturated carbocycles. The number of hydrogen-bond acceptors (Lipinski definition) is 7. The first-order valence-electron chi connectivity index (χ1n) is 13.4. The molecule has 0 radical (unpaired) electrons. The van der Waals surface area contributed by atoms with Gasteiger partial charge in [-0.1, -0.05) is 34.8 Å².